The highest BCUT2D eigenvalue weighted by molar-refractivity contribution is 7.90. The molecule has 1 rings (SSSR count). The van der Waals surface area contributed by atoms with Crippen LogP contribution in [-0.2, 0) is 47.8 Å². The molecule has 0 saturated heterocycles. The maximum Gasteiger partial charge on any atom is 0.408 e. The lowest BCUT2D eigenvalue weighted by molar-refractivity contribution is -0.119. The normalized spacial score (nSPS) is 14.4. The molecule has 0 radical (unpaired) electrons. The van der Waals surface area contributed by atoms with E-state index in [1.165, 1.54) is 25.2 Å². The standard InChI is InChI=1S/C16H28N3O7PS/c1-16(2,3)26-15(21)17-12(13(20)10-27(22,24-5)25-6)8-11-9-14(28(7)23)19(4)18-11/h9,12H,8,10H2,1-7H3,(H,17,21). The molecule has 0 aliphatic carbocycles. The van der Waals surface area contributed by atoms with E-state index in [1.54, 1.807) is 33.9 Å². The maximum atomic E-state index is 12.7. The molecule has 0 aliphatic heterocycles. The fourth-order valence-corrected chi connectivity index (χ4v) is 4.01. The van der Waals surface area contributed by atoms with Gasteiger partial charge in [0.15, 0.2) is 5.78 Å². The quantitative estimate of drug-likeness (QED) is 0.456. The van der Waals surface area contributed by atoms with Crippen LogP contribution in [0.15, 0.2) is 11.1 Å². The Kier molecular flexibility index (Phi) is 8.70. The lowest BCUT2D eigenvalue weighted by atomic mass is 10.1. The first-order chi connectivity index (χ1) is 12.8. The van der Waals surface area contributed by atoms with E-state index in [1.807, 2.05) is 0 Å². The summed E-state index contributed by atoms with van der Waals surface area (Å²) in [6, 6.07) is 0.501. The Hall–Kier alpha value is -1.39. The fourth-order valence-electron chi connectivity index (χ4n) is 2.28. The van der Waals surface area contributed by atoms with Crippen LogP contribution in [-0.4, -0.2) is 64.5 Å². The van der Waals surface area contributed by atoms with Crippen molar-refractivity contribution >= 4 is 30.6 Å². The third kappa shape index (κ3) is 7.56. The molecule has 1 N–H and O–H groups in total. The summed E-state index contributed by atoms with van der Waals surface area (Å²) in [5, 5.41) is 7.17. The summed E-state index contributed by atoms with van der Waals surface area (Å²) in [5.74, 6) is -0.567. The van der Waals surface area contributed by atoms with Crippen molar-refractivity contribution < 1.29 is 32.5 Å². The van der Waals surface area contributed by atoms with Crippen LogP contribution in [0.4, 0.5) is 4.79 Å². The predicted molar refractivity (Wildman–Crippen MR) is 104 cm³/mol. The van der Waals surface area contributed by atoms with Crippen LogP contribution in [0.3, 0.4) is 0 Å². The van der Waals surface area contributed by atoms with Crippen LogP contribution in [0.1, 0.15) is 26.5 Å². The van der Waals surface area contributed by atoms with Gasteiger partial charge in [0.1, 0.15) is 18.0 Å². The Morgan fingerprint density at radius 1 is 1.36 bits per heavy atom. The molecule has 10 nitrogen and oxygen atoms in total. The van der Waals surface area contributed by atoms with Crippen LogP contribution in [0, 0.1) is 0 Å². The third-order valence-corrected chi connectivity index (χ3v) is 6.36. The first kappa shape index (κ1) is 24.6. The van der Waals surface area contributed by atoms with Crippen LogP contribution < -0.4 is 5.32 Å². The zero-order chi connectivity index (χ0) is 21.7. The number of rotatable bonds is 9. The van der Waals surface area contributed by atoms with Gasteiger partial charge in [0, 0.05) is 44.9 Å². The summed E-state index contributed by atoms with van der Waals surface area (Å²) in [5.41, 5.74) is -0.324. The number of aromatic nitrogens is 2. The van der Waals surface area contributed by atoms with E-state index in [9.17, 15) is 18.7 Å². The van der Waals surface area contributed by atoms with Crippen molar-refractivity contribution in [2.45, 2.75) is 43.9 Å². The van der Waals surface area contributed by atoms with Gasteiger partial charge in [-0.2, -0.15) is 5.10 Å². The SMILES string of the molecule is COP(=O)(CC(=O)C(Cc1cc([S+](C)[O-])n(C)n1)NC(=O)OC(C)(C)C)OC. The van der Waals surface area contributed by atoms with Crippen LogP contribution in [0.5, 0.6) is 0 Å². The van der Waals surface area contributed by atoms with E-state index in [2.05, 4.69) is 10.4 Å². The monoisotopic (exact) mass is 437 g/mol. The second-order valence-corrected chi connectivity index (χ2v) is 10.6. The molecule has 1 aromatic heterocycles. The van der Waals surface area contributed by atoms with Crippen molar-refractivity contribution in [1.29, 1.82) is 0 Å². The van der Waals surface area contributed by atoms with Crippen molar-refractivity contribution in [3.63, 3.8) is 0 Å². The molecule has 1 heterocycles. The van der Waals surface area contributed by atoms with Crippen LogP contribution >= 0.6 is 7.60 Å². The number of hydrogen-bond donors (Lipinski definition) is 1. The summed E-state index contributed by atoms with van der Waals surface area (Å²) in [6.07, 6.45) is 0.178. The molecular formula is C16H28N3O7PS. The largest absolute Gasteiger partial charge is 0.610 e. The predicted octanol–water partition coefficient (Wildman–Crippen LogP) is 1.65. The van der Waals surface area contributed by atoms with Gasteiger partial charge in [0.25, 0.3) is 0 Å². The summed E-state index contributed by atoms with van der Waals surface area (Å²) in [7, 11) is 0.363. The van der Waals surface area contributed by atoms with Crippen molar-refractivity contribution in [1.82, 2.24) is 15.1 Å². The molecule has 12 heteroatoms. The van der Waals surface area contributed by atoms with E-state index >= 15 is 0 Å². The number of amides is 1. The highest BCUT2D eigenvalue weighted by Gasteiger charge is 2.33. The van der Waals surface area contributed by atoms with Gasteiger partial charge in [-0.05, 0) is 20.8 Å². The van der Waals surface area contributed by atoms with E-state index < -0.39 is 48.5 Å². The average molecular weight is 437 g/mol. The molecule has 0 aromatic carbocycles. The topological polar surface area (TPSA) is 132 Å². The van der Waals surface area contributed by atoms with Crippen LogP contribution in [0.25, 0.3) is 0 Å². The number of aryl methyl sites for hydroxylation is 1. The molecule has 0 saturated carbocycles. The lowest BCUT2D eigenvalue weighted by Crippen LogP contribution is -2.45. The summed E-state index contributed by atoms with van der Waals surface area (Å²) in [6.45, 7) is 5.07. The number of nitrogens with zero attached hydrogens (tertiary/aromatic N) is 2. The molecular weight excluding hydrogens is 409 g/mol. The Balaban J connectivity index is 3.06. The summed E-state index contributed by atoms with van der Waals surface area (Å²) < 4.78 is 40.3. The Bertz CT molecular complexity index is 737. The van der Waals surface area contributed by atoms with E-state index in [0.29, 0.717) is 10.7 Å². The highest BCUT2D eigenvalue weighted by atomic mass is 32.2. The number of hydrogen-bond acceptors (Lipinski definition) is 8. The minimum atomic E-state index is -3.62. The number of ether oxygens (including phenoxy) is 1. The van der Waals surface area contributed by atoms with Gasteiger partial charge in [-0.3, -0.25) is 9.36 Å². The number of Topliss-reactive ketones (excluding diaryl/α,β-unsaturated/α-hetero) is 1. The van der Waals surface area contributed by atoms with Gasteiger partial charge in [0.2, 0.25) is 5.03 Å². The smallest absolute Gasteiger partial charge is 0.408 e. The lowest BCUT2D eigenvalue weighted by Gasteiger charge is -2.23. The molecule has 160 valence electrons. The molecule has 0 aliphatic rings. The fraction of sp³-hybridized carbons (Fsp3) is 0.688. The molecule has 0 bridgehead atoms. The van der Waals surface area contributed by atoms with E-state index in [4.69, 9.17) is 13.8 Å². The zero-order valence-corrected chi connectivity index (χ0v) is 18.9. The van der Waals surface area contributed by atoms with Gasteiger partial charge < -0.3 is 23.7 Å². The molecule has 1 amide bonds. The first-order valence-electron chi connectivity index (χ1n) is 8.39. The molecule has 0 spiro atoms. The number of alkyl carbamates (subject to hydrolysis) is 1. The summed E-state index contributed by atoms with van der Waals surface area (Å²) in [4.78, 5) is 24.9. The number of carbonyl (C=O) groups is 2. The Labute approximate surface area is 168 Å². The first-order valence-corrected chi connectivity index (χ1v) is 11.7. The number of carbonyl (C=O) groups excluding carboxylic acids is 2. The van der Waals surface area contributed by atoms with Crippen molar-refractivity contribution in [3.8, 4) is 0 Å². The molecule has 1 aromatic rings. The molecule has 0 fully saturated rings. The minimum absolute atomic E-state index is 0.00343. The Morgan fingerprint density at radius 2 is 1.93 bits per heavy atom. The zero-order valence-electron chi connectivity index (χ0n) is 17.2. The van der Waals surface area contributed by atoms with Crippen molar-refractivity contribution in [2.24, 2.45) is 7.05 Å². The molecule has 2 unspecified atom stereocenters. The van der Waals surface area contributed by atoms with Crippen LogP contribution in [0.2, 0.25) is 0 Å². The number of nitrogens with one attached hydrogen (secondary N) is 1. The van der Waals surface area contributed by atoms with Gasteiger partial charge >= 0.3 is 13.7 Å². The average Bonchev–Trinajstić information content (AvgIpc) is 2.93. The van der Waals surface area contributed by atoms with Crippen molar-refractivity contribution in [3.05, 3.63) is 11.8 Å². The molecule has 28 heavy (non-hydrogen) atoms. The van der Waals surface area contributed by atoms with Crippen molar-refractivity contribution in [2.75, 3.05) is 26.6 Å². The molecule has 2 atom stereocenters. The van der Waals surface area contributed by atoms with Gasteiger partial charge in [-0.1, -0.05) is 0 Å². The third-order valence-electron chi connectivity index (χ3n) is 3.58. The Morgan fingerprint density at radius 3 is 2.36 bits per heavy atom. The second kappa shape index (κ2) is 9.89. The van der Waals surface area contributed by atoms with Gasteiger partial charge in [0.05, 0.1) is 11.7 Å². The highest BCUT2D eigenvalue weighted by Crippen LogP contribution is 2.46. The van der Waals surface area contributed by atoms with Gasteiger partial charge in [-0.25, -0.2) is 9.48 Å². The minimum Gasteiger partial charge on any atom is -0.610 e. The van der Waals surface area contributed by atoms with E-state index in [-0.39, 0.29) is 6.42 Å². The van der Waals surface area contributed by atoms with E-state index in [0.717, 1.165) is 0 Å². The summed E-state index contributed by atoms with van der Waals surface area (Å²) >= 11 is -1.27. The van der Waals surface area contributed by atoms with Gasteiger partial charge in [-0.15, -0.1) is 0 Å². The number of ketones is 1. The maximum absolute atomic E-state index is 12.7. The second-order valence-electron chi connectivity index (χ2n) is 7.06.